The average Bonchev–Trinajstić information content (AvgIpc) is 2.40. The van der Waals surface area contributed by atoms with Crippen molar-refractivity contribution in [1.82, 2.24) is 5.32 Å². The topological polar surface area (TPSA) is 64.3 Å². The Morgan fingerprint density at radius 3 is 2.62 bits per heavy atom. The van der Waals surface area contributed by atoms with E-state index >= 15 is 0 Å². The lowest BCUT2D eigenvalue weighted by atomic mass is 10.1. The van der Waals surface area contributed by atoms with Gasteiger partial charge in [0, 0.05) is 24.2 Å². The first-order chi connectivity index (χ1) is 9.40. The van der Waals surface area contributed by atoms with E-state index in [2.05, 4.69) is 5.32 Å². The number of rotatable bonds is 6. The maximum absolute atomic E-state index is 13.4. The van der Waals surface area contributed by atoms with Crippen LogP contribution in [0.25, 0.3) is 0 Å². The first-order valence-corrected chi connectivity index (χ1v) is 6.81. The molecule has 2 atom stereocenters. The molecule has 1 amide bonds. The maximum atomic E-state index is 13.4. The molecule has 0 saturated carbocycles. The fraction of sp³-hybridized carbons (Fsp3) is 0.462. The van der Waals surface area contributed by atoms with Crippen LogP contribution in [0.1, 0.15) is 24.9 Å². The molecular weight excluding hydrogens is 342 g/mol. The Balaban J connectivity index is 0.00000400. The third-order valence-electron chi connectivity index (χ3n) is 2.90. The number of hydrogen-bond acceptors (Lipinski definition) is 3. The van der Waals surface area contributed by atoms with Gasteiger partial charge in [0.2, 0.25) is 5.91 Å². The van der Waals surface area contributed by atoms with E-state index in [-0.39, 0.29) is 42.4 Å². The molecule has 0 aliphatic carbocycles. The summed E-state index contributed by atoms with van der Waals surface area (Å²) < 4.78 is 18.5. The Bertz CT molecular complexity index is 485. The zero-order chi connectivity index (χ0) is 15.3. The summed E-state index contributed by atoms with van der Waals surface area (Å²) in [7, 11) is 1.48. The molecule has 0 fully saturated rings. The lowest BCUT2D eigenvalue weighted by Crippen LogP contribution is -2.33. The Hall–Kier alpha value is -0.590. The quantitative estimate of drug-likeness (QED) is 0.767. The lowest BCUT2D eigenvalue weighted by Gasteiger charge is -2.19. The number of halogens is 4. The van der Waals surface area contributed by atoms with Crippen LogP contribution >= 0.6 is 35.6 Å². The summed E-state index contributed by atoms with van der Waals surface area (Å²) in [5, 5.41) is 2.90. The molecule has 0 saturated heterocycles. The predicted molar refractivity (Wildman–Crippen MR) is 84.7 cm³/mol. The largest absolute Gasteiger partial charge is 0.380 e. The minimum atomic E-state index is -0.580. The van der Waals surface area contributed by atoms with Crippen LogP contribution in [-0.4, -0.2) is 25.7 Å². The van der Waals surface area contributed by atoms with Crippen molar-refractivity contribution in [3.8, 4) is 0 Å². The average molecular weight is 360 g/mol. The van der Waals surface area contributed by atoms with Gasteiger partial charge in [-0.25, -0.2) is 4.39 Å². The molecule has 0 radical (unpaired) electrons. The Kier molecular flexibility index (Phi) is 9.17. The molecule has 8 heteroatoms. The smallest absolute Gasteiger partial charge is 0.223 e. The first kappa shape index (κ1) is 20.4. The van der Waals surface area contributed by atoms with Gasteiger partial charge in [0.1, 0.15) is 5.82 Å². The Labute approximate surface area is 139 Å². The van der Waals surface area contributed by atoms with Gasteiger partial charge in [-0.1, -0.05) is 23.2 Å². The van der Waals surface area contributed by atoms with E-state index in [4.69, 9.17) is 33.7 Å². The van der Waals surface area contributed by atoms with Gasteiger partial charge < -0.3 is 15.8 Å². The number of methoxy groups -OCH3 is 1. The van der Waals surface area contributed by atoms with Crippen molar-refractivity contribution in [2.45, 2.75) is 25.5 Å². The van der Waals surface area contributed by atoms with Crippen molar-refractivity contribution in [2.75, 3.05) is 13.7 Å². The molecule has 1 aromatic rings. The Morgan fingerprint density at radius 2 is 2.10 bits per heavy atom. The van der Waals surface area contributed by atoms with Crippen molar-refractivity contribution < 1.29 is 13.9 Å². The molecule has 0 aromatic heterocycles. The third-order valence-corrected chi connectivity index (χ3v) is 3.61. The van der Waals surface area contributed by atoms with E-state index in [1.54, 1.807) is 6.92 Å². The van der Waals surface area contributed by atoms with Gasteiger partial charge in [-0.2, -0.15) is 0 Å². The van der Waals surface area contributed by atoms with Crippen molar-refractivity contribution in [2.24, 2.45) is 5.73 Å². The molecular formula is C13H18Cl3FN2O2. The van der Waals surface area contributed by atoms with E-state index in [0.29, 0.717) is 10.6 Å². The SMILES string of the molecule is COC(CN)CC(=O)NC(C)c1c(Cl)ccc(F)c1Cl.Cl. The number of ether oxygens (including phenoxy) is 1. The molecule has 1 rings (SSSR count). The highest BCUT2D eigenvalue weighted by Crippen LogP contribution is 2.32. The van der Waals surface area contributed by atoms with Gasteiger partial charge in [0.15, 0.2) is 0 Å². The van der Waals surface area contributed by atoms with Crippen molar-refractivity contribution in [3.05, 3.63) is 33.6 Å². The van der Waals surface area contributed by atoms with Gasteiger partial charge in [-0.3, -0.25) is 4.79 Å². The number of nitrogens with two attached hydrogens (primary N) is 1. The second-order valence-electron chi connectivity index (χ2n) is 4.34. The minimum absolute atomic E-state index is 0. The third kappa shape index (κ3) is 5.60. The summed E-state index contributed by atoms with van der Waals surface area (Å²) in [6, 6.07) is 2.06. The fourth-order valence-corrected chi connectivity index (χ4v) is 2.48. The van der Waals surface area contributed by atoms with E-state index in [9.17, 15) is 9.18 Å². The lowest BCUT2D eigenvalue weighted by molar-refractivity contribution is -0.124. The van der Waals surface area contributed by atoms with Crippen LogP contribution in [0.5, 0.6) is 0 Å². The molecule has 21 heavy (non-hydrogen) atoms. The van der Waals surface area contributed by atoms with Crippen LogP contribution in [0, 0.1) is 5.82 Å². The van der Waals surface area contributed by atoms with Crippen LogP contribution in [0.15, 0.2) is 12.1 Å². The number of nitrogens with one attached hydrogen (secondary N) is 1. The van der Waals surface area contributed by atoms with Gasteiger partial charge >= 0.3 is 0 Å². The van der Waals surface area contributed by atoms with Gasteiger partial charge in [0.25, 0.3) is 0 Å². The molecule has 0 aliphatic rings. The van der Waals surface area contributed by atoms with Crippen LogP contribution in [0.4, 0.5) is 4.39 Å². The monoisotopic (exact) mass is 358 g/mol. The van der Waals surface area contributed by atoms with E-state index in [0.717, 1.165) is 0 Å². The normalized spacial score (nSPS) is 13.2. The summed E-state index contributed by atoms with van der Waals surface area (Å²) in [4.78, 5) is 11.8. The minimum Gasteiger partial charge on any atom is -0.380 e. The molecule has 0 heterocycles. The molecule has 0 aliphatic heterocycles. The molecule has 1 aromatic carbocycles. The summed E-state index contributed by atoms with van der Waals surface area (Å²) in [5.41, 5.74) is 5.80. The highest BCUT2D eigenvalue weighted by molar-refractivity contribution is 6.36. The standard InChI is InChI=1S/C13H17Cl2FN2O2.ClH/c1-7(18-11(19)5-8(6-17)20-2)12-9(14)3-4-10(16)13(12)15;/h3-4,7-8H,5-6,17H2,1-2H3,(H,18,19);1H. The van der Waals surface area contributed by atoms with Crippen LogP contribution in [-0.2, 0) is 9.53 Å². The number of carbonyl (C=O) groups excluding carboxylic acids is 1. The zero-order valence-electron chi connectivity index (χ0n) is 11.7. The van der Waals surface area contributed by atoms with Crippen LogP contribution in [0.3, 0.4) is 0 Å². The van der Waals surface area contributed by atoms with E-state index in [1.807, 2.05) is 0 Å². The summed E-state index contributed by atoms with van der Waals surface area (Å²) in [6.07, 6.45) is -0.248. The molecule has 4 nitrogen and oxygen atoms in total. The number of benzene rings is 1. The zero-order valence-corrected chi connectivity index (χ0v) is 14.0. The van der Waals surface area contributed by atoms with Crippen LogP contribution in [0.2, 0.25) is 10.0 Å². The number of amides is 1. The highest BCUT2D eigenvalue weighted by atomic mass is 35.5. The summed E-state index contributed by atoms with van der Waals surface area (Å²) in [5.74, 6) is -0.852. The Morgan fingerprint density at radius 1 is 1.48 bits per heavy atom. The van der Waals surface area contributed by atoms with Gasteiger partial charge in [0.05, 0.1) is 23.6 Å². The summed E-state index contributed by atoms with van der Waals surface area (Å²) in [6.45, 7) is 1.91. The van der Waals surface area contributed by atoms with Crippen LogP contribution < -0.4 is 11.1 Å². The van der Waals surface area contributed by atoms with E-state index < -0.39 is 11.9 Å². The number of carbonyl (C=O) groups is 1. The molecule has 0 spiro atoms. The molecule has 120 valence electrons. The predicted octanol–water partition coefficient (Wildman–Crippen LogP) is 3.10. The second-order valence-corrected chi connectivity index (χ2v) is 5.13. The molecule has 2 unspecified atom stereocenters. The number of hydrogen-bond donors (Lipinski definition) is 2. The van der Waals surface area contributed by atoms with Crippen molar-refractivity contribution in [3.63, 3.8) is 0 Å². The van der Waals surface area contributed by atoms with E-state index in [1.165, 1.54) is 19.2 Å². The van der Waals surface area contributed by atoms with Crippen molar-refractivity contribution in [1.29, 1.82) is 0 Å². The molecule has 3 N–H and O–H groups in total. The highest BCUT2D eigenvalue weighted by Gasteiger charge is 2.20. The fourth-order valence-electron chi connectivity index (χ4n) is 1.78. The van der Waals surface area contributed by atoms with Gasteiger partial charge in [-0.15, -0.1) is 12.4 Å². The van der Waals surface area contributed by atoms with Crippen molar-refractivity contribution >= 4 is 41.5 Å². The molecule has 0 bridgehead atoms. The maximum Gasteiger partial charge on any atom is 0.223 e. The summed E-state index contributed by atoms with van der Waals surface area (Å²) >= 11 is 11.9. The first-order valence-electron chi connectivity index (χ1n) is 6.06. The second kappa shape index (κ2) is 9.43. The van der Waals surface area contributed by atoms with Gasteiger partial charge in [-0.05, 0) is 19.1 Å².